The number of nitrogens with two attached hydrogens (primary N) is 1. The van der Waals surface area contributed by atoms with E-state index in [0.29, 0.717) is 17.4 Å². The number of benzene rings is 3. The minimum Gasteiger partial charge on any atom is -0.478 e. The molecule has 0 aliphatic carbocycles. The van der Waals surface area contributed by atoms with Crippen molar-refractivity contribution >= 4 is 23.3 Å². The highest BCUT2D eigenvalue weighted by molar-refractivity contribution is 6.35. The summed E-state index contributed by atoms with van der Waals surface area (Å²) < 4.78 is 6.03. The molecule has 3 N–H and O–H groups in total. The quantitative estimate of drug-likeness (QED) is 0.471. The third kappa shape index (κ3) is 6.47. The van der Waals surface area contributed by atoms with Crippen molar-refractivity contribution in [1.82, 2.24) is 0 Å². The van der Waals surface area contributed by atoms with Gasteiger partial charge in [-0.3, -0.25) is 9.59 Å². The molecule has 0 spiro atoms. The second kappa shape index (κ2) is 11.8. The van der Waals surface area contributed by atoms with E-state index in [0.717, 1.165) is 24.2 Å². The molecule has 7 nitrogen and oxygen atoms in total. The van der Waals surface area contributed by atoms with Gasteiger partial charge in [-0.2, -0.15) is 0 Å². The average Bonchev–Trinajstić information content (AvgIpc) is 3.18. The van der Waals surface area contributed by atoms with Crippen molar-refractivity contribution < 1.29 is 24.2 Å². The molecule has 1 aliphatic heterocycles. The Balaban J connectivity index is 0.000000429. The third-order valence-corrected chi connectivity index (χ3v) is 5.81. The number of carboxylic acid groups (broad SMARTS) is 1. The van der Waals surface area contributed by atoms with Crippen molar-refractivity contribution in [2.24, 2.45) is 5.73 Å². The second-order valence-electron chi connectivity index (χ2n) is 8.31. The summed E-state index contributed by atoms with van der Waals surface area (Å²) >= 11 is 0. The SMILES string of the molecule is CC1Cc2c(OC(C(=O)O)c3ccccc3)cccc2N1Cc1ccccc1.CCC(=O)C(N)=O. The Morgan fingerprint density at radius 1 is 1.00 bits per heavy atom. The maximum Gasteiger partial charge on any atom is 0.349 e. The van der Waals surface area contributed by atoms with Gasteiger partial charge in [0.2, 0.25) is 11.9 Å². The van der Waals surface area contributed by atoms with Crippen LogP contribution < -0.4 is 15.4 Å². The Kier molecular flexibility index (Phi) is 8.62. The van der Waals surface area contributed by atoms with Crippen molar-refractivity contribution in [1.29, 1.82) is 0 Å². The summed E-state index contributed by atoms with van der Waals surface area (Å²) in [6.07, 6.45) is 0.0145. The predicted octanol–water partition coefficient (Wildman–Crippen LogP) is 4.29. The number of rotatable bonds is 8. The molecule has 0 aromatic heterocycles. The van der Waals surface area contributed by atoms with E-state index in [-0.39, 0.29) is 6.42 Å². The molecule has 1 heterocycles. The molecular weight excluding hydrogens is 444 g/mol. The summed E-state index contributed by atoms with van der Waals surface area (Å²) in [7, 11) is 0. The molecular formula is C28H30N2O5. The molecule has 3 aromatic rings. The van der Waals surface area contributed by atoms with Crippen LogP contribution in [0.15, 0.2) is 78.9 Å². The molecule has 0 saturated heterocycles. The lowest BCUT2D eigenvalue weighted by Gasteiger charge is -2.25. The van der Waals surface area contributed by atoms with E-state index >= 15 is 0 Å². The normalized spacial score (nSPS) is 14.8. The number of aliphatic carboxylic acids is 1. The van der Waals surface area contributed by atoms with Crippen LogP contribution in [-0.2, 0) is 27.3 Å². The van der Waals surface area contributed by atoms with Crippen molar-refractivity contribution in [3.05, 3.63) is 95.6 Å². The average molecular weight is 475 g/mol. The smallest absolute Gasteiger partial charge is 0.349 e. The topological polar surface area (TPSA) is 110 Å². The molecule has 0 saturated carbocycles. The Morgan fingerprint density at radius 3 is 2.17 bits per heavy atom. The van der Waals surface area contributed by atoms with Gasteiger partial charge < -0.3 is 20.5 Å². The summed E-state index contributed by atoms with van der Waals surface area (Å²) in [5.41, 5.74) is 8.64. The molecule has 1 aliphatic rings. The molecule has 35 heavy (non-hydrogen) atoms. The van der Waals surface area contributed by atoms with Gasteiger partial charge in [-0.15, -0.1) is 0 Å². The van der Waals surface area contributed by atoms with Gasteiger partial charge in [0.15, 0.2) is 0 Å². The van der Waals surface area contributed by atoms with Crippen molar-refractivity contribution in [3.8, 4) is 5.75 Å². The zero-order chi connectivity index (χ0) is 25.4. The van der Waals surface area contributed by atoms with Gasteiger partial charge in [0.1, 0.15) is 5.75 Å². The summed E-state index contributed by atoms with van der Waals surface area (Å²) in [4.78, 5) is 34.0. The number of hydrogen-bond donors (Lipinski definition) is 2. The van der Waals surface area contributed by atoms with Crippen molar-refractivity contribution in [2.45, 2.75) is 45.4 Å². The predicted molar refractivity (Wildman–Crippen MR) is 134 cm³/mol. The largest absolute Gasteiger partial charge is 0.478 e. The first kappa shape index (κ1) is 25.5. The van der Waals surface area contributed by atoms with Gasteiger partial charge >= 0.3 is 5.97 Å². The Morgan fingerprint density at radius 2 is 1.63 bits per heavy atom. The number of hydrogen-bond acceptors (Lipinski definition) is 5. The number of ether oxygens (including phenoxy) is 1. The van der Waals surface area contributed by atoms with Crippen LogP contribution in [0.3, 0.4) is 0 Å². The van der Waals surface area contributed by atoms with E-state index in [9.17, 15) is 19.5 Å². The lowest BCUT2D eigenvalue weighted by Crippen LogP contribution is -2.28. The van der Waals surface area contributed by atoms with Gasteiger partial charge in [0, 0.05) is 35.8 Å². The number of amides is 1. The lowest BCUT2D eigenvalue weighted by molar-refractivity contribution is -0.145. The number of fused-ring (bicyclic) bond motifs is 1. The summed E-state index contributed by atoms with van der Waals surface area (Å²) in [6, 6.07) is 25.7. The lowest BCUT2D eigenvalue weighted by atomic mass is 10.1. The van der Waals surface area contributed by atoms with Crippen LogP contribution in [0.2, 0.25) is 0 Å². The maximum atomic E-state index is 11.8. The molecule has 0 fully saturated rings. The second-order valence-corrected chi connectivity index (χ2v) is 8.31. The summed E-state index contributed by atoms with van der Waals surface area (Å²) in [5, 5.41) is 9.70. The molecule has 1 amide bonds. The number of ketones is 1. The molecule has 2 unspecified atom stereocenters. The maximum absolute atomic E-state index is 11.8. The van der Waals surface area contributed by atoms with E-state index in [1.807, 2.05) is 48.5 Å². The Bertz CT molecular complexity index is 1160. The van der Waals surface area contributed by atoms with E-state index in [4.69, 9.17) is 4.74 Å². The fourth-order valence-electron chi connectivity index (χ4n) is 3.99. The van der Waals surface area contributed by atoms with Gasteiger partial charge in [0.05, 0.1) is 0 Å². The minimum atomic E-state index is -1.02. The highest BCUT2D eigenvalue weighted by atomic mass is 16.5. The molecule has 4 rings (SSSR count). The van der Waals surface area contributed by atoms with E-state index in [2.05, 4.69) is 35.8 Å². The van der Waals surface area contributed by atoms with Crippen LogP contribution in [0.1, 0.15) is 43.1 Å². The zero-order valence-corrected chi connectivity index (χ0v) is 19.9. The third-order valence-electron chi connectivity index (χ3n) is 5.81. The minimum absolute atomic E-state index is 0.204. The standard InChI is InChI=1S/C24H23NO3.C4H7NO2/c1-17-15-20-21(25(17)16-18-9-4-2-5-10-18)13-8-14-22(20)28-23(24(26)27)19-11-6-3-7-12-19;1-2-3(6)4(5)7/h2-14,17,23H,15-16H2,1H3,(H,26,27);2H2,1H3,(H2,5,7). The van der Waals surface area contributed by atoms with E-state index in [1.54, 1.807) is 19.1 Å². The van der Waals surface area contributed by atoms with Crippen LogP contribution in [-0.4, -0.2) is 28.8 Å². The van der Waals surface area contributed by atoms with Gasteiger partial charge in [-0.05, 0) is 31.0 Å². The van der Waals surface area contributed by atoms with Gasteiger partial charge in [-0.1, -0.05) is 73.7 Å². The van der Waals surface area contributed by atoms with Gasteiger partial charge in [0.25, 0.3) is 5.91 Å². The first-order valence-corrected chi connectivity index (χ1v) is 11.5. The zero-order valence-electron chi connectivity index (χ0n) is 19.9. The number of nitrogens with zero attached hydrogens (tertiary/aromatic N) is 1. The fraction of sp³-hybridized carbons (Fsp3) is 0.250. The van der Waals surface area contributed by atoms with Crippen LogP contribution in [0.25, 0.3) is 0 Å². The van der Waals surface area contributed by atoms with Crippen molar-refractivity contribution in [3.63, 3.8) is 0 Å². The van der Waals surface area contributed by atoms with Crippen LogP contribution in [0.4, 0.5) is 5.69 Å². The molecule has 2 atom stereocenters. The molecule has 0 radical (unpaired) electrons. The summed E-state index contributed by atoms with van der Waals surface area (Å²) in [5.74, 6) is -1.70. The number of carbonyl (C=O) groups excluding carboxylic acids is 2. The summed E-state index contributed by atoms with van der Waals surface area (Å²) in [6.45, 7) is 4.60. The van der Waals surface area contributed by atoms with Crippen molar-refractivity contribution in [2.75, 3.05) is 4.90 Å². The monoisotopic (exact) mass is 474 g/mol. The highest BCUT2D eigenvalue weighted by Crippen LogP contribution is 2.40. The number of carboxylic acids is 1. The van der Waals surface area contributed by atoms with Gasteiger partial charge in [-0.25, -0.2) is 4.79 Å². The fourth-order valence-corrected chi connectivity index (χ4v) is 3.99. The highest BCUT2D eigenvalue weighted by Gasteiger charge is 2.30. The number of carbonyl (C=O) groups is 3. The van der Waals surface area contributed by atoms with E-state index in [1.165, 1.54) is 5.56 Å². The van der Waals surface area contributed by atoms with Crippen LogP contribution in [0.5, 0.6) is 5.75 Å². The molecule has 3 aromatic carbocycles. The number of primary amides is 1. The molecule has 7 heteroatoms. The number of anilines is 1. The molecule has 182 valence electrons. The molecule has 0 bridgehead atoms. The first-order valence-electron chi connectivity index (χ1n) is 11.5. The first-order chi connectivity index (χ1) is 16.8. The van der Waals surface area contributed by atoms with Crippen LogP contribution in [0, 0.1) is 0 Å². The Labute approximate surface area is 205 Å². The number of Topliss-reactive ketones (excluding diaryl/α,β-unsaturated/α-hetero) is 1. The Hall–Kier alpha value is -4.13. The van der Waals surface area contributed by atoms with E-state index < -0.39 is 23.8 Å². The van der Waals surface area contributed by atoms with Crippen LogP contribution >= 0.6 is 0 Å².